The van der Waals surface area contributed by atoms with Crippen LogP contribution in [0.25, 0.3) is 10.9 Å². The van der Waals surface area contributed by atoms with E-state index in [4.69, 9.17) is 0 Å². The number of benzene rings is 1. The van der Waals surface area contributed by atoms with Gasteiger partial charge in [0.05, 0.1) is 34.6 Å². The molecule has 1 unspecified atom stereocenters. The van der Waals surface area contributed by atoms with Crippen molar-refractivity contribution >= 4 is 38.0 Å². The third kappa shape index (κ3) is 1.88. The average Bonchev–Trinajstić information content (AvgIpc) is 2.46. The van der Waals surface area contributed by atoms with Crippen LogP contribution in [0.15, 0.2) is 30.5 Å². The summed E-state index contributed by atoms with van der Waals surface area (Å²) in [6, 6.07) is 7.01. The number of carbonyl (C=O) groups excluding carboxylic acids is 1. The SMILES string of the molecule is O=C1Nc2cnc3ccccc3c2N2CCS(=O)(=O)CC12. The standard InChI is InChI=1S/C14H13N3O3S/c18-14-12-8-21(19,20)6-5-17(12)13-9-3-1-2-4-10(9)15-7-11(13)16-14/h1-4,7,12H,5-6,8H2,(H,16,18). The van der Waals surface area contributed by atoms with Gasteiger partial charge < -0.3 is 10.2 Å². The van der Waals surface area contributed by atoms with E-state index >= 15 is 0 Å². The average molecular weight is 303 g/mol. The monoisotopic (exact) mass is 303 g/mol. The summed E-state index contributed by atoms with van der Waals surface area (Å²) in [4.78, 5) is 18.4. The molecule has 0 bridgehead atoms. The summed E-state index contributed by atoms with van der Waals surface area (Å²) in [6.07, 6.45) is 1.63. The predicted molar refractivity (Wildman–Crippen MR) is 80.2 cm³/mol. The van der Waals surface area contributed by atoms with Crippen LogP contribution in [-0.2, 0) is 14.6 Å². The number of pyridine rings is 1. The molecule has 4 rings (SSSR count). The van der Waals surface area contributed by atoms with Crippen LogP contribution in [0, 0.1) is 0 Å². The molecule has 0 radical (unpaired) electrons. The Morgan fingerprint density at radius 1 is 1.29 bits per heavy atom. The van der Waals surface area contributed by atoms with E-state index in [9.17, 15) is 13.2 Å². The second-order valence-electron chi connectivity index (χ2n) is 5.35. The zero-order valence-corrected chi connectivity index (χ0v) is 11.9. The van der Waals surface area contributed by atoms with Crippen molar-refractivity contribution in [2.75, 3.05) is 28.3 Å². The van der Waals surface area contributed by atoms with Crippen LogP contribution in [0.5, 0.6) is 0 Å². The molecular weight excluding hydrogens is 290 g/mol. The Morgan fingerprint density at radius 3 is 2.95 bits per heavy atom. The maximum atomic E-state index is 12.2. The van der Waals surface area contributed by atoms with Gasteiger partial charge in [-0.3, -0.25) is 9.78 Å². The van der Waals surface area contributed by atoms with Crippen molar-refractivity contribution in [1.82, 2.24) is 4.98 Å². The van der Waals surface area contributed by atoms with E-state index in [0.717, 1.165) is 16.6 Å². The summed E-state index contributed by atoms with van der Waals surface area (Å²) in [5.41, 5.74) is 2.36. The summed E-state index contributed by atoms with van der Waals surface area (Å²) in [5, 5.41) is 3.71. The highest BCUT2D eigenvalue weighted by Gasteiger charge is 2.40. The molecule has 1 atom stereocenters. The number of hydrogen-bond acceptors (Lipinski definition) is 5. The lowest BCUT2D eigenvalue weighted by atomic mass is 10.1. The highest BCUT2D eigenvalue weighted by Crippen LogP contribution is 2.38. The maximum absolute atomic E-state index is 12.2. The molecule has 3 heterocycles. The Morgan fingerprint density at radius 2 is 2.10 bits per heavy atom. The van der Waals surface area contributed by atoms with Gasteiger partial charge in [-0.15, -0.1) is 0 Å². The van der Waals surface area contributed by atoms with E-state index in [1.54, 1.807) is 6.20 Å². The van der Waals surface area contributed by atoms with E-state index < -0.39 is 15.9 Å². The number of sulfone groups is 1. The zero-order chi connectivity index (χ0) is 14.6. The molecule has 1 N–H and O–H groups in total. The molecule has 21 heavy (non-hydrogen) atoms. The summed E-state index contributed by atoms with van der Waals surface area (Å²) in [7, 11) is -3.16. The molecule has 1 amide bonds. The Hall–Kier alpha value is -2.15. The van der Waals surface area contributed by atoms with Gasteiger partial charge in [0.1, 0.15) is 6.04 Å². The lowest BCUT2D eigenvalue weighted by Crippen LogP contribution is -2.56. The summed E-state index contributed by atoms with van der Waals surface area (Å²) >= 11 is 0. The molecule has 1 aromatic carbocycles. The van der Waals surface area contributed by atoms with Gasteiger partial charge in [-0.25, -0.2) is 8.42 Å². The van der Waals surface area contributed by atoms with Gasteiger partial charge in [0.15, 0.2) is 9.84 Å². The Balaban J connectivity index is 1.94. The van der Waals surface area contributed by atoms with Crippen molar-refractivity contribution in [3.05, 3.63) is 30.5 Å². The molecule has 2 aliphatic rings. The van der Waals surface area contributed by atoms with Gasteiger partial charge in [0.2, 0.25) is 5.91 Å². The number of fused-ring (bicyclic) bond motifs is 5. The van der Waals surface area contributed by atoms with Gasteiger partial charge in [-0.05, 0) is 6.07 Å². The molecular formula is C14H13N3O3S. The van der Waals surface area contributed by atoms with E-state index in [1.807, 2.05) is 29.2 Å². The topological polar surface area (TPSA) is 79.4 Å². The number of anilines is 2. The van der Waals surface area contributed by atoms with Crippen LogP contribution in [0.2, 0.25) is 0 Å². The summed E-state index contributed by atoms with van der Waals surface area (Å²) in [5.74, 6) is -0.329. The highest BCUT2D eigenvalue weighted by atomic mass is 32.2. The van der Waals surface area contributed by atoms with Crippen molar-refractivity contribution in [2.24, 2.45) is 0 Å². The third-order valence-electron chi connectivity index (χ3n) is 4.03. The number of nitrogens with one attached hydrogen (secondary N) is 1. The summed E-state index contributed by atoms with van der Waals surface area (Å²) < 4.78 is 23.6. The van der Waals surface area contributed by atoms with Crippen molar-refractivity contribution in [2.45, 2.75) is 6.04 Å². The normalized spacial score (nSPS) is 23.3. The fraction of sp³-hybridized carbons (Fsp3) is 0.286. The van der Waals surface area contributed by atoms with E-state index in [-0.39, 0.29) is 17.4 Å². The Labute approximate surface area is 121 Å². The van der Waals surface area contributed by atoms with Crippen LogP contribution in [-0.4, -0.2) is 43.4 Å². The molecule has 2 aliphatic heterocycles. The lowest BCUT2D eigenvalue weighted by molar-refractivity contribution is -0.117. The van der Waals surface area contributed by atoms with Gasteiger partial charge in [-0.1, -0.05) is 18.2 Å². The van der Waals surface area contributed by atoms with Gasteiger partial charge >= 0.3 is 0 Å². The van der Waals surface area contributed by atoms with Crippen LogP contribution in [0.4, 0.5) is 11.4 Å². The molecule has 0 saturated carbocycles. The molecule has 6 nitrogen and oxygen atoms in total. The molecule has 2 aromatic rings. The molecule has 0 aliphatic carbocycles. The lowest BCUT2D eigenvalue weighted by Gasteiger charge is -2.41. The number of amides is 1. The van der Waals surface area contributed by atoms with Gasteiger partial charge in [-0.2, -0.15) is 0 Å². The Kier molecular flexibility index (Phi) is 2.50. The van der Waals surface area contributed by atoms with Crippen LogP contribution >= 0.6 is 0 Å². The van der Waals surface area contributed by atoms with Crippen molar-refractivity contribution in [3.63, 3.8) is 0 Å². The first-order chi connectivity index (χ1) is 10.1. The molecule has 108 valence electrons. The molecule has 1 fully saturated rings. The van der Waals surface area contributed by atoms with Gasteiger partial charge in [0, 0.05) is 11.9 Å². The second-order valence-corrected chi connectivity index (χ2v) is 7.58. The van der Waals surface area contributed by atoms with E-state index in [1.165, 1.54) is 0 Å². The number of aromatic nitrogens is 1. The Bertz CT molecular complexity index is 863. The fourth-order valence-electron chi connectivity index (χ4n) is 3.04. The minimum absolute atomic E-state index is 0.0763. The molecule has 7 heteroatoms. The van der Waals surface area contributed by atoms with Crippen molar-refractivity contribution in [3.8, 4) is 0 Å². The highest BCUT2D eigenvalue weighted by molar-refractivity contribution is 7.91. The molecule has 1 saturated heterocycles. The minimum atomic E-state index is -3.16. The van der Waals surface area contributed by atoms with Crippen molar-refractivity contribution < 1.29 is 13.2 Å². The zero-order valence-electron chi connectivity index (χ0n) is 11.1. The van der Waals surface area contributed by atoms with Gasteiger partial charge in [0.25, 0.3) is 0 Å². The van der Waals surface area contributed by atoms with Crippen LogP contribution < -0.4 is 10.2 Å². The van der Waals surface area contributed by atoms with E-state index in [0.29, 0.717) is 12.2 Å². The first-order valence-corrected chi connectivity index (χ1v) is 8.53. The maximum Gasteiger partial charge on any atom is 0.248 e. The van der Waals surface area contributed by atoms with Crippen LogP contribution in [0.1, 0.15) is 0 Å². The number of carbonyl (C=O) groups is 1. The molecule has 1 aromatic heterocycles. The molecule has 0 spiro atoms. The van der Waals surface area contributed by atoms with Crippen LogP contribution in [0.3, 0.4) is 0 Å². The second kappa shape index (κ2) is 4.17. The predicted octanol–water partition coefficient (Wildman–Crippen LogP) is 0.790. The third-order valence-corrected chi connectivity index (χ3v) is 5.65. The number of hydrogen-bond donors (Lipinski definition) is 1. The number of para-hydroxylation sites is 1. The summed E-state index contributed by atoms with van der Waals surface area (Å²) in [6.45, 7) is 0.335. The smallest absolute Gasteiger partial charge is 0.248 e. The fourth-order valence-corrected chi connectivity index (χ4v) is 4.49. The number of rotatable bonds is 0. The van der Waals surface area contributed by atoms with Crippen molar-refractivity contribution in [1.29, 1.82) is 0 Å². The van der Waals surface area contributed by atoms with E-state index in [2.05, 4.69) is 10.3 Å². The first kappa shape index (κ1) is 12.6. The minimum Gasteiger partial charge on any atom is -0.355 e. The number of nitrogens with zero attached hydrogens (tertiary/aromatic N) is 2. The largest absolute Gasteiger partial charge is 0.355 e. The quantitative estimate of drug-likeness (QED) is 0.778. The first-order valence-electron chi connectivity index (χ1n) is 6.71.